The molecule has 2 atom stereocenters. The van der Waals surface area contributed by atoms with Crippen molar-refractivity contribution < 1.29 is 18.7 Å². The van der Waals surface area contributed by atoms with E-state index in [2.05, 4.69) is 15.6 Å². The lowest BCUT2D eigenvalue weighted by atomic mass is 10.0. The minimum Gasteiger partial charge on any atom is -0.442 e. The van der Waals surface area contributed by atoms with Gasteiger partial charge >= 0.3 is 6.09 Å². The van der Waals surface area contributed by atoms with E-state index in [-0.39, 0.29) is 25.5 Å². The van der Waals surface area contributed by atoms with Gasteiger partial charge in [0, 0.05) is 39.3 Å². The molecule has 0 radical (unpaired) electrons. The van der Waals surface area contributed by atoms with E-state index in [0.717, 1.165) is 18.0 Å². The second kappa shape index (κ2) is 6.76. The Labute approximate surface area is 139 Å². The SMILES string of the molecule is CC(=O)NC[C@H]1CN(C2(F)CN=CC=C2N2CCNCC2)C(=O)O1. The number of hydrogen-bond acceptors (Lipinski definition) is 6. The zero-order valence-corrected chi connectivity index (χ0v) is 13.6. The molecule has 0 aromatic carbocycles. The predicted octanol–water partition coefficient (Wildman–Crippen LogP) is -0.517. The third-order valence-corrected chi connectivity index (χ3v) is 4.37. The largest absolute Gasteiger partial charge is 0.442 e. The Morgan fingerprint density at radius 1 is 1.54 bits per heavy atom. The normalized spacial score (nSPS) is 30.2. The summed E-state index contributed by atoms with van der Waals surface area (Å²) in [4.78, 5) is 30.3. The maximum Gasteiger partial charge on any atom is 0.413 e. The summed E-state index contributed by atoms with van der Waals surface area (Å²) in [6.45, 7) is 4.35. The van der Waals surface area contributed by atoms with E-state index in [4.69, 9.17) is 4.74 Å². The number of nitrogens with zero attached hydrogens (tertiary/aromatic N) is 3. The molecule has 0 aliphatic carbocycles. The van der Waals surface area contributed by atoms with Crippen LogP contribution in [0.1, 0.15) is 6.92 Å². The number of ether oxygens (including phenoxy) is 1. The number of halogens is 1. The van der Waals surface area contributed by atoms with E-state index in [1.807, 2.05) is 4.90 Å². The molecule has 132 valence electrons. The van der Waals surface area contributed by atoms with Crippen molar-refractivity contribution >= 4 is 18.2 Å². The Balaban J connectivity index is 1.75. The van der Waals surface area contributed by atoms with Crippen LogP contribution in [-0.2, 0) is 9.53 Å². The smallest absolute Gasteiger partial charge is 0.413 e. The fraction of sp³-hybridized carbons (Fsp3) is 0.667. The van der Waals surface area contributed by atoms with Crippen LogP contribution >= 0.6 is 0 Å². The number of cyclic esters (lactones) is 1. The molecule has 8 nitrogen and oxygen atoms in total. The second-order valence-corrected chi connectivity index (χ2v) is 6.09. The molecular weight excluding hydrogens is 317 g/mol. The highest BCUT2D eigenvalue weighted by Crippen LogP contribution is 2.35. The molecule has 0 bridgehead atoms. The highest BCUT2D eigenvalue weighted by molar-refractivity contribution is 5.77. The van der Waals surface area contributed by atoms with E-state index >= 15 is 4.39 Å². The highest BCUT2D eigenvalue weighted by Gasteiger charge is 2.51. The van der Waals surface area contributed by atoms with Gasteiger partial charge in [-0.05, 0) is 6.08 Å². The summed E-state index contributed by atoms with van der Waals surface area (Å²) in [6.07, 6.45) is 1.92. The van der Waals surface area contributed by atoms with Crippen molar-refractivity contribution in [2.24, 2.45) is 4.99 Å². The van der Waals surface area contributed by atoms with Crippen LogP contribution in [0.4, 0.5) is 9.18 Å². The van der Waals surface area contributed by atoms with Crippen molar-refractivity contribution in [3.8, 4) is 0 Å². The molecule has 2 amide bonds. The molecule has 1 unspecified atom stereocenters. The first-order valence-corrected chi connectivity index (χ1v) is 8.08. The van der Waals surface area contributed by atoms with Crippen LogP contribution < -0.4 is 10.6 Å². The number of rotatable bonds is 4. The Morgan fingerprint density at radius 3 is 3.00 bits per heavy atom. The van der Waals surface area contributed by atoms with Gasteiger partial charge in [0.15, 0.2) is 0 Å². The fourth-order valence-corrected chi connectivity index (χ4v) is 3.16. The summed E-state index contributed by atoms with van der Waals surface area (Å²) in [5, 5.41) is 5.81. The number of allylic oxidation sites excluding steroid dienone is 1. The number of alkyl halides is 1. The van der Waals surface area contributed by atoms with E-state index in [9.17, 15) is 9.59 Å². The molecule has 3 aliphatic rings. The van der Waals surface area contributed by atoms with Crippen molar-refractivity contribution in [2.45, 2.75) is 18.8 Å². The third-order valence-electron chi connectivity index (χ3n) is 4.37. The maximum atomic E-state index is 15.8. The molecule has 24 heavy (non-hydrogen) atoms. The Kier molecular flexibility index (Phi) is 4.70. The average molecular weight is 339 g/mol. The van der Waals surface area contributed by atoms with Crippen LogP contribution in [0.15, 0.2) is 16.8 Å². The number of hydrogen-bond donors (Lipinski definition) is 2. The summed E-state index contributed by atoms with van der Waals surface area (Å²) in [6, 6.07) is 0. The van der Waals surface area contributed by atoms with Crippen molar-refractivity contribution in [3.05, 3.63) is 11.8 Å². The topological polar surface area (TPSA) is 86.3 Å². The van der Waals surface area contributed by atoms with E-state index < -0.39 is 18.0 Å². The molecule has 2 N–H and O–H groups in total. The van der Waals surface area contributed by atoms with E-state index in [0.29, 0.717) is 18.8 Å². The van der Waals surface area contributed by atoms with Gasteiger partial charge in [-0.15, -0.1) is 0 Å². The Morgan fingerprint density at radius 2 is 2.29 bits per heavy atom. The average Bonchev–Trinajstić information content (AvgIpc) is 2.96. The van der Waals surface area contributed by atoms with Gasteiger partial charge in [0.2, 0.25) is 11.7 Å². The Bertz CT molecular complexity index is 575. The first kappa shape index (κ1) is 16.7. The molecule has 0 spiro atoms. The molecule has 3 aliphatic heterocycles. The lowest BCUT2D eigenvalue weighted by molar-refractivity contribution is -0.119. The van der Waals surface area contributed by atoms with Crippen molar-refractivity contribution in [2.75, 3.05) is 45.8 Å². The van der Waals surface area contributed by atoms with Crippen molar-refractivity contribution in [1.29, 1.82) is 0 Å². The number of aliphatic imine (C=N–C) groups is 1. The van der Waals surface area contributed by atoms with Crippen LogP contribution in [0.2, 0.25) is 0 Å². The molecule has 0 aromatic rings. The standard InChI is InChI=1S/C15H22FN5O3/c1-11(22)19-8-12-9-21(14(23)24-12)15(16)10-18-3-2-13(15)20-6-4-17-5-7-20/h2-3,12,17H,4-10H2,1H3,(H,19,22)/t12-,15?/m0/s1. The van der Waals surface area contributed by atoms with Gasteiger partial charge in [0.25, 0.3) is 0 Å². The predicted molar refractivity (Wildman–Crippen MR) is 85.4 cm³/mol. The highest BCUT2D eigenvalue weighted by atomic mass is 19.1. The lowest BCUT2D eigenvalue weighted by Gasteiger charge is -2.42. The monoisotopic (exact) mass is 339 g/mol. The minimum atomic E-state index is -2.02. The molecule has 3 heterocycles. The van der Waals surface area contributed by atoms with Crippen molar-refractivity contribution in [3.63, 3.8) is 0 Å². The maximum absolute atomic E-state index is 15.8. The summed E-state index contributed by atoms with van der Waals surface area (Å²) < 4.78 is 21.0. The number of carbonyl (C=O) groups excluding carboxylic acids is 2. The summed E-state index contributed by atoms with van der Waals surface area (Å²) in [5.74, 6) is -2.24. The molecule has 2 saturated heterocycles. The lowest BCUT2D eigenvalue weighted by Crippen LogP contribution is -2.57. The first-order valence-electron chi connectivity index (χ1n) is 8.08. The van der Waals surface area contributed by atoms with E-state index in [1.54, 1.807) is 12.3 Å². The van der Waals surface area contributed by atoms with Gasteiger partial charge in [-0.3, -0.25) is 14.7 Å². The molecule has 0 aromatic heterocycles. The molecule has 2 fully saturated rings. The summed E-state index contributed by atoms with van der Waals surface area (Å²) >= 11 is 0. The van der Waals surface area contributed by atoms with Crippen LogP contribution in [0.5, 0.6) is 0 Å². The van der Waals surface area contributed by atoms with E-state index in [1.165, 1.54) is 6.92 Å². The van der Waals surface area contributed by atoms with Gasteiger partial charge in [-0.2, -0.15) is 0 Å². The van der Waals surface area contributed by atoms with Crippen molar-refractivity contribution in [1.82, 2.24) is 20.4 Å². The summed E-state index contributed by atoms with van der Waals surface area (Å²) in [5.41, 5.74) is 0.441. The molecule has 0 saturated carbocycles. The Hall–Kier alpha value is -2.16. The number of nitrogens with one attached hydrogen (secondary N) is 2. The number of carbonyl (C=O) groups is 2. The molecule has 3 rings (SSSR count). The van der Waals surface area contributed by atoms with Gasteiger partial charge in [0.1, 0.15) is 6.10 Å². The van der Waals surface area contributed by atoms with Gasteiger partial charge in [0.05, 0.1) is 25.3 Å². The summed E-state index contributed by atoms with van der Waals surface area (Å²) in [7, 11) is 0. The van der Waals surface area contributed by atoms with Crippen LogP contribution in [0, 0.1) is 0 Å². The zero-order valence-electron chi connectivity index (χ0n) is 13.6. The van der Waals surface area contributed by atoms with Gasteiger partial charge in [-0.25, -0.2) is 9.18 Å². The zero-order chi connectivity index (χ0) is 17.2. The second-order valence-electron chi connectivity index (χ2n) is 6.09. The van der Waals surface area contributed by atoms with Crippen LogP contribution in [0.25, 0.3) is 0 Å². The minimum absolute atomic E-state index is 0.0779. The fourth-order valence-electron chi connectivity index (χ4n) is 3.16. The van der Waals surface area contributed by atoms with Crippen LogP contribution in [-0.4, -0.2) is 85.7 Å². The third kappa shape index (κ3) is 3.21. The van der Waals surface area contributed by atoms with Gasteiger partial charge in [-0.1, -0.05) is 0 Å². The first-order chi connectivity index (χ1) is 11.5. The molecular formula is C15H22FN5O3. The number of piperazine rings is 1. The number of amides is 2. The van der Waals surface area contributed by atoms with Gasteiger partial charge < -0.3 is 20.3 Å². The number of dihydropyridines is 1. The quantitative estimate of drug-likeness (QED) is 0.674. The molecule has 9 heteroatoms. The van der Waals surface area contributed by atoms with Crippen LogP contribution in [0.3, 0.4) is 0 Å².